The second-order valence-corrected chi connectivity index (χ2v) is 9.92. The van der Waals surface area contributed by atoms with Crippen molar-refractivity contribution in [2.24, 2.45) is 0 Å². The number of nitrogen functional groups attached to an aromatic ring is 1. The van der Waals surface area contributed by atoms with Crippen LogP contribution in [0.3, 0.4) is 0 Å². The highest BCUT2D eigenvalue weighted by Crippen LogP contribution is 2.33. The van der Waals surface area contributed by atoms with Crippen LogP contribution in [-0.4, -0.2) is 45.8 Å². The number of pyridine rings is 1. The fourth-order valence-corrected chi connectivity index (χ4v) is 4.20. The first-order valence-corrected chi connectivity index (χ1v) is 13.9. The molecule has 0 aliphatic heterocycles. The quantitative estimate of drug-likeness (QED) is 0.112. The molecule has 3 aromatic carbocycles. The van der Waals surface area contributed by atoms with Crippen molar-refractivity contribution in [3.63, 3.8) is 0 Å². The summed E-state index contributed by atoms with van der Waals surface area (Å²) in [6.45, 7) is 6.12. The fraction of sp³-hybridized carbons (Fsp3) is 0.258. The Kier molecular flexibility index (Phi) is 11.7. The molecule has 0 spiro atoms. The molecule has 46 heavy (non-hydrogen) atoms. The summed E-state index contributed by atoms with van der Waals surface area (Å²) >= 11 is 0. The zero-order valence-corrected chi connectivity index (χ0v) is 25.0. The molecular formula is C31H32F3N5O7. The molecule has 0 saturated heterocycles. The van der Waals surface area contributed by atoms with Crippen LogP contribution < -0.4 is 25.8 Å². The number of hydrogen-bond acceptors (Lipinski definition) is 9. The first-order valence-electron chi connectivity index (χ1n) is 13.9. The number of para-hydroxylation sites is 1. The number of aliphatic carboxylic acids is 1. The number of amides is 1. The summed E-state index contributed by atoms with van der Waals surface area (Å²) in [4.78, 5) is 37.6. The molecule has 4 aromatic rings. The Hall–Kier alpha value is -5.60. The van der Waals surface area contributed by atoms with Crippen molar-refractivity contribution in [1.82, 2.24) is 10.3 Å². The second kappa shape index (κ2) is 15.4. The Morgan fingerprint density at radius 2 is 1.76 bits per heavy atom. The number of carbonyl (C=O) groups excluding carboxylic acids is 1. The summed E-state index contributed by atoms with van der Waals surface area (Å²) in [5, 5.41) is 26.4. The van der Waals surface area contributed by atoms with Gasteiger partial charge in [0.1, 0.15) is 11.9 Å². The van der Waals surface area contributed by atoms with Gasteiger partial charge >= 0.3 is 12.1 Å². The summed E-state index contributed by atoms with van der Waals surface area (Å²) in [6.07, 6.45) is -3.52. The number of nitro benzene ring substituents is 1. The predicted molar refractivity (Wildman–Crippen MR) is 165 cm³/mol. The molecule has 15 heteroatoms. The highest BCUT2D eigenvalue weighted by Gasteiger charge is 2.38. The van der Waals surface area contributed by atoms with Crippen LogP contribution in [0.2, 0.25) is 0 Å². The molecule has 1 amide bonds. The van der Waals surface area contributed by atoms with Gasteiger partial charge in [-0.1, -0.05) is 24.3 Å². The van der Waals surface area contributed by atoms with E-state index in [2.05, 4.69) is 15.6 Å². The molecule has 0 aliphatic rings. The van der Waals surface area contributed by atoms with Crippen LogP contribution in [0.15, 0.2) is 72.9 Å². The average Bonchev–Trinajstić information content (AvgIpc) is 2.99. The van der Waals surface area contributed by atoms with Crippen LogP contribution in [0, 0.1) is 10.1 Å². The number of alkyl halides is 3. The molecule has 0 saturated carbocycles. The molecule has 1 atom stereocenters. The molecule has 1 unspecified atom stereocenters. The third kappa shape index (κ3) is 9.45. The van der Waals surface area contributed by atoms with Crippen molar-refractivity contribution in [2.75, 3.05) is 17.7 Å². The van der Waals surface area contributed by atoms with E-state index in [0.717, 1.165) is 10.8 Å². The highest BCUT2D eigenvalue weighted by molar-refractivity contribution is 5.94. The fourth-order valence-electron chi connectivity index (χ4n) is 4.20. The lowest BCUT2D eigenvalue weighted by atomic mass is 10.0. The SMILES string of the molecule is CCOc1cc(C(Nc2ccc3c(N)nccc3c2)C(=O)NCc2ccccc2[N+](=O)[O-])ccc1OC(C)C.O=C(O)C(F)(F)F. The zero-order chi connectivity index (χ0) is 34.0. The van der Waals surface area contributed by atoms with Gasteiger partial charge in [0.15, 0.2) is 11.5 Å². The topological polar surface area (TPSA) is 179 Å². The molecule has 5 N–H and O–H groups in total. The van der Waals surface area contributed by atoms with Gasteiger partial charge in [-0.15, -0.1) is 0 Å². The standard InChI is InChI=1S/C29H31N5O5.C2HF3O2/c1-4-38-26-16-20(9-12-25(26)39-18(2)3)27(29(35)32-17-21-7-5-6-8-24(21)34(36)37)33-22-10-11-23-19(15-22)13-14-31-28(23)30;3-2(4,5)1(6)7/h5-16,18,27,33H,4,17H2,1-3H3,(H2,30,31)(H,32,35);(H,6,7). The van der Waals surface area contributed by atoms with Gasteiger partial charge in [0, 0.05) is 35.4 Å². The van der Waals surface area contributed by atoms with Gasteiger partial charge in [-0.2, -0.15) is 13.2 Å². The van der Waals surface area contributed by atoms with Crippen molar-refractivity contribution < 1.29 is 42.3 Å². The third-order valence-electron chi connectivity index (χ3n) is 6.22. The number of anilines is 2. The van der Waals surface area contributed by atoms with E-state index in [9.17, 15) is 28.1 Å². The van der Waals surface area contributed by atoms with Gasteiger partial charge in [0.2, 0.25) is 5.91 Å². The number of ether oxygens (including phenoxy) is 2. The summed E-state index contributed by atoms with van der Waals surface area (Å²) < 4.78 is 43.4. The number of nitrogens with two attached hydrogens (primary N) is 1. The Bertz CT molecular complexity index is 1700. The number of carbonyl (C=O) groups is 2. The van der Waals surface area contributed by atoms with Crippen LogP contribution in [0.5, 0.6) is 11.5 Å². The summed E-state index contributed by atoms with van der Waals surface area (Å²) in [7, 11) is 0. The van der Waals surface area contributed by atoms with Gasteiger partial charge in [-0.3, -0.25) is 14.9 Å². The molecule has 0 bridgehead atoms. The van der Waals surface area contributed by atoms with E-state index in [1.54, 1.807) is 42.6 Å². The molecule has 1 heterocycles. The lowest BCUT2D eigenvalue weighted by Gasteiger charge is -2.22. The van der Waals surface area contributed by atoms with Crippen LogP contribution in [0.25, 0.3) is 10.8 Å². The van der Waals surface area contributed by atoms with Crippen molar-refractivity contribution in [2.45, 2.75) is 45.6 Å². The maximum atomic E-state index is 13.6. The van der Waals surface area contributed by atoms with Crippen molar-refractivity contribution >= 4 is 39.8 Å². The third-order valence-corrected chi connectivity index (χ3v) is 6.22. The summed E-state index contributed by atoms with van der Waals surface area (Å²) in [5.41, 5.74) is 7.65. The predicted octanol–water partition coefficient (Wildman–Crippen LogP) is 6.01. The number of fused-ring (bicyclic) bond motifs is 1. The van der Waals surface area contributed by atoms with E-state index in [1.807, 2.05) is 45.0 Å². The first kappa shape index (κ1) is 34.9. The Morgan fingerprint density at radius 1 is 1.07 bits per heavy atom. The summed E-state index contributed by atoms with van der Waals surface area (Å²) in [6, 6.07) is 18.2. The number of nitro groups is 1. The molecule has 0 radical (unpaired) electrons. The van der Waals surface area contributed by atoms with Gasteiger partial charge < -0.3 is 30.9 Å². The van der Waals surface area contributed by atoms with E-state index >= 15 is 0 Å². The lowest BCUT2D eigenvalue weighted by molar-refractivity contribution is -0.385. The molecule has 4 rings (SSSR count). The Balaban J connectivity index is 0.000000738. The van der Waals surface area contributed by atoms with Gasteiger partial charge in [0.05, 0.1) is 17.6 Å². The minimum absolute atomic E-state index is 0.0129. The molecule has 0 aliphatic carbocycles. The molecular weight excluding hydrogens is 611 g/mol. The van der Waals surface area contributed by atoms with Gasteiger partial charge in [-0.25, -0.2) is 9.78 Å². The number of nitrogens with zero attached hydrogens (tertiary/aromatic N) is 2. The number of carboxylic acids is 1. The smallest absolute Gasteiger partial charge is 0.490 e. The van der Waals surface area contributed by atoms with E-state index in [4.69, 9.17) is 25.1 Å². The van der Waals surface area contributed by atoms with Gasteiger partial charge in [-0.05, 0) is 68.1 Å². The lowest BCUT2D eigenvalue weighted by Crippen LogP contribution is -2.33. The van der Waals surface area contributed by atoms with E-state index in [-0.39, 0.29) is 24.2 Å². The van der Waals surface area contributed by atoms with E-state index < -0.39 is 23.1 Å². The molecule has 12 nitrogen and oxygen atoms in total. The largest absolute Gasteiger partial charge is 0.490 e. The molecule has 244 valence electrons. The van der Waals surface area contributed by atoms with Crippen LogP contribution >= 0.6 is 0 Å². The zero-order valence-electron chi connectivity index (χ0n) is 25.0. The number of hydrogen-bond donors (Lipinski definition) is 4. The highest BCUT2D eigenvalue weighted by atomic mass is 19.4. The van der Waals surface area contributed by atoms with E-state index in [0.29, 0.717) is 40.7 Å². The number of aromatic nitrogens is 1. The minimum atomic E-state index is -5.08. The van der Waals surface area contributed by atoms with Crippen LogP contribution in [0.4, 0.5) is 30.4 Å². The minimum Gasteiger partial charge on any atom is -0.490 e. The normalized spacial score (nSPS) is 11.6. The van der Waals surface area contributed by atoms with Crippen molar-refractivity contribution in [1.29, 1.82) is 0 Å². The molecule has 0 fully saturated rings. The maximum absolute atomic E-state index is 13.6. The van der Waals surface area contributed by atoms with Crippen LogP contribution in [0.1, 0.15) is 37.9 Å². The molecule has 1 aromatic heterocycles. The Morgan fingerprint density at radius 3 is 2.39 bits per heavy atom. The summed E-state index contributed by atoms with van der Waals surface area (Å²) in [5.74, 6) is -1.63. The first-order chi connectivity index (χ1) is 21.7. The van der Waals surface area contributed by atoms with E-state index in [1.165, 1.54) is 6.07 Å². The second-order valence-electron chi connectivity index (χ2n) is 9.92. The number of nitrogens with one attached hydrogen (secondary N) is 2. The number of halogens is 3. The number of benzene rings is 3. The number of rotatable bonds is 11. The average molecular weight is 644 g/mol. The van der Waals surface area contributed by atoms with Gasteiger partial charge in [0.25, 0.3) is 5.69 Å². The maximum Gasteiger partial charge on any atom is 0.490 e. The van der Waals surface area contributed by atoms with Crippen molar-refractivity contribution in [3.8, 4) is 11.5 Å². The number of carboxylic acid groups (broad SMARTS) is 1. The Labute approximate surface area is 261 Å². The monoisotopic (exact) mass is 643 g/mol. The van der Waals surface area contributed by atoms with Crippen molar-refractivity contribution in [3.05, 3.63) is 94.2 Å². The van der Waals surface area contributed by atoms with Crippen LogP contribution in [-0.2, 0) is 16.1 Å².